The molecule has 1 fully saturated rings. The van der Waals surface area contributed by atoms with Gasteiger partial charge < -0.3 is 5.32 Å². The molecule has 20 heavy (non-hydrogen) atoms. The molecule has 0 unspecified atom stereocenters. The molecule has 1 saturated heterocycles. The van der Waals surface area contributed by atoms with Crippen LogP contribution in [0.4, 0.5) is 4.39 Å². The smallest absolute Gasteiger partial charge is 0.126 e. The minimum absolute atomic E-state index is 0. The molecule has 0 saturated carbocycles. The monoisotopic (exact) mass is 300 g/mol. The maximum atomic E-state index is 13.2. The van der Waals surface area contributed by atoms with Gasteiger partial charge in [-0.05, 0) is 69.1 Å². The zero-order chi connectivity index (χ0) is 13.7. The molecule has 1 heterocycles. The molecule has 0 aliphatic carbocycles. The van der Waals surface area contributed by atoms with Crippen LogP contribution in [0.3, 0.4) is 0 Å². The van der Waals surface area contributed by atoms with Gasteiger partial charge in [-0.1, -0.05) is 19.1 Å². The van der Waals surface area contributed by atoms with Crippen molar-refractivity contribution in [3.8, 4) is 0 Å². The number of nitrogens with one attached hydrogen (secondary N) is 1. The Morgan fingerprint density at radius 1 is 1.30 bits per heavy atom. The van der Waals surface area contributed by atoms with Crippen molar-refractivity contribution in [1.29, 1.82) is 0 Å². The topological polar surface area (TPSA) is 15.3 Å². The van der Waals surface area contributed by atoms with Gasteiger partial charge in [0.25, 0.3) is 0 Å². The van der Waals surface area contributed by atoms with Crippen LogP contribution in [-0.2, 0) is 6.54 Å². The molecule has 0 radical (unpaired) electrons. The first kappa shape index (κ1) is 17.4. The normalized spacial score (nSPS) is 16.9. The number of halogens is 2. The highest BCUT2D eigenvalue weighted by Crippen LogP contribution is 2.19. The molecule has 0 bridgehead atoms. The predicted octanol–water partition coefficient (Wildman–Crippen LogP) is 3.38. The summed E-state index contributed by atoms with van der Waals surface area (Å²) in [6, 6.07) is 5.47. The van der Waals surface area contributed by atoms with E-state index in [4.69, 9.17) is 0 Å². The summed E-state index contributed by atoms with van der Waals surface area (Å²) in [5.74, 6) is 0.722. The van der Waals surface area contributed by atoms with Gasteiger partial charge in [0.15, 0.2) is 0 Å². The van der Waals surface area contributed by atoms with Crippen molar-refractivity contribution in [2.24, 2.45) is 5.92 Å². The standard InChI is InChI=1S/C16H25FN2.ClH/c1-3-18-11-14-6-8-19(9-7-14)12-15-4-5-16(17)13(2)10-15;/h4-5,10,14,18H,3,6-9,11-12H2,1-2H3;1H. The van der Waals surface area contributed by atoms with E-state index in [1.54, 1.807) is 6.07 Å². The van der Waals surface area contributed by atoms with E-state index in [1.165, 1.54) is 18.4 Å². The summed E-state index contributed by atoms with van der Waals surface area (Å²) in [6.45, 7) is 9.48. The van der Waals surface area contributed by atoms with E-state index in [9.17, 15) is 4.39 Å². The maximum absolute atomic E-state index is 13.2. The first-order chi connectivity index (χ1) is 9.19. The Hall–Kier alpha value is -0.640. The number of likely N-dealkylation sites (tertiary alicyclic amines) is 1. The number of hydrogen-bond acceptors (Lipinski definition) is 2. The number of benzene rings is 1. The van der Waals surface area contributed by atoms with Gasteiger partial charge in [-0.15, -0.1) is 12.4 Å². The Labute approximate surface area is 128 Å². The van der Waals surface area contributed by atoms with E-state index >= 15 is 0 Å². The summed E-state index contributed by atoms with van der Waals surface area (Å²) in [4.78, 5) is 2.48. The molecule has 1 aromatic carbocycles. The molecule has 2 rings (SSSR count). The van der Waals surface area contributed by atoms with E-state index < -0.39 is 0 Å². The number of piperidine rings is 1. The van der Waals surface area contributed by atoms with Crippen molar-refractivity contribution < 1.29 is 4.39 Å². The molecule has 0 amide bonds. The van der Waals surface area contributed by atoms with Gasteiger partial charge in [-0.25, -0.2) is 4.39 Å². The van der Waals surface area contributed by atoms with E-state index in [1.807, 2.05) is 19.1 Å². The number of hydrogen-bond donors (Lipinski definition) is 1. The van der Waals surface area contributed by atoms with E-state index in [-0.39, 0.29) is 18.2 Å². The summed E-state index contributed by atoms with van der Waals surface area (Å²) in [5.41, 5.74) is 1.98. The fourth-order valence-corrected chi connectivity index (χ4v) is 2.76. The molecule has 0 spiro atoms. The molecular formula is C16H26ClFN2. The fourth-order valence-electron chi connectivity index (χ4n) is 2.76. The molecule has 4 heteroatoms. The van der Waals surface area contributed by atoms with Crippen LogP contribution in [0.15, 0.2) is 18.2 Å². The highest BCUT2D eigenvalue weighted by Gasteiger charge is 2.18. The minimum atomic E-state index is -0.104. The molecule has 0 aromatic heterocycles. The van der Waals surface area contributed by atoms with Crippen LogP contribution in [0.2, 0.25) is 0 Å². The van der Waals surface area contributed by atoms with Gasteiger partial charge >= 0.3 is 0 Å². The Morgan fingerprint density at radius 3 is 2.60 bits per heavy atom. The lowest BCUT2D eigenvalue weighted by Gasteiger charge is -2.32. The zero-order valence-corrected chi connectivity index (χ0v) is 13.3. The predicted molar refractivity (Wildman–Crippen MR) is 84.9 cm³/mol. The lowest BCUT2D eigenvalue weighted by atomic mass is 9.96. The van der Waals surface area contributed by atoms with Gasteiger partial charge in [0.2, 0.25) is 0 Å². The lowest BCUT2D eigenvalue weighted by Crippen LogP contribution is -2.36. The molecule has 1 N–H and O–H groups in total. The maximum Gasteiger partial charge on any atom is 0.126 e. The quantitative estimate of drug-likeness (QED) is 0.897. The SMILES string of the molecule is CCNCC1CCN(Cc2ccc(F)c(C)c2)CC1.Cl. The van der Waals surface area contributed by atoms with E-state index in [0.29, 0.717) is 0 Å². The van der Waals surface area contributed by atoms with Crippen molar-refractivity contribution in [2.75, 3.05) is 26.2 Å². The molecule has 2 nitrogen and oxygen atoms in total. The van der Waals surface area contributed by atoms with Gasteiger partial charge in [-0.2, -0.15) is 0 Å². The third-order valence-electron chi connectivity index (χ3n) is 4.02. The zero-order valence-electron chi connectivity index (χ0n) is 12.5. The summed E-state index contributed by atoms with van der Waals surface area (Å²) in [7, 11) is 0. The highest BCUT2D eigenvalue weighted by atomic mass is 35.5. The average molecular weight is 301 g/mol. The van der Waals surface area contributed by atoms with Crippen molar-refractivity contribution in [1.82, 2.24) is 10.2 Å². The van der Waals surface area contributed by atoms with Crippen LogP contribution < -0.4 is 5.32 Å². The third-order valence-corrected chi connectivity index (χ3v) is 4.02. The third kappa shape index (κ3) is 5.04. The fraction of sp³-hybridized carbons (Fsp3) is 0.625. The van der Waals surface area contributed by atoms with Crippen LogP contribution in [0.1, 0.15) is 30.9 Å². The van der Waals surface area contributed by atoms with Crippen LogP contribution in [0.25, 0.3) is 0 Å². The van der Waals surface area contributed by atoms with Crippen molar-refractivity contribution in [3.63, 3.8) is 0 Å². The number of nitrogens with zero attached hydrogens (tertiary/aromatic N) is 1. The van der Waals surface area contributed by atoms with Crippen LogP contribution in [0, 0.1) is 18.7 Å². The molecule has 114 valence electrons. The lowest BCUT2D eigenvalue weighted by molar-refractivity contribution is 0.176. The second kappa shape index (κ2) is 8.60. The van der Waals surface area contributed by atoms with Gasteiger partial charge in [0.05, 0.1) is 0 Å². The van der Waals surface area contributed by atoms with Crippen LogP contribution in [0.5, 0.6) is 0 Å². The van der Waals surface area contributed by atoms with Gasteiger partial charge in [0.1, 0.15) is 5.82 Å². The first-order valence-corrected chi connectivity index (χ1v) is 7.37. The van der Waals surface area contributed by atoms with Crippen molar-refractivity contribution in [3.05, 3.63) is 35.1 Å². The van der Waals surface area contributed by atoms with Gasteiger partial charge in [0, 0.05) is 6.54 Å². The average Bonchev–Trinajstić information content (AvgIpc) is 2.42. The molecule has 1 aromatic rings. The number of rotatable bonds is 5. The van der Waals surface area contributed by atoms with Crippen LogP contribution in [-0.4, -0.2) is 31.1 Å². The largest absolute Gasteiger partial charge is 0.317 e. The summed E-state index contributed by atoms with van der Waals surface area (Å²) in [6.07, 6.45) is 2.54. The summed E-state index contributed by atoms with van der Waals surface area (Å²) in [5, 5.41) is 3.44. The molecule has 0 atom stereocenters. The Kier molecular flexibility index (Phi) is 7.49. The Morgan fingerprint density at radius 2 is 2.00 bits per heavy atom. The molecule has 1 aliphatic heterocycles. The summed E-state index contributed by atoms with van der Waals surface area (Å²) >= 11 is 0. The molecular weight excluding hydrogens is 275 g/mol. The second-order valence-corrected chi connectivity index (χ2v) is 5.61. The van der Waals surface area contributed by atoms with Crippen LogP contribution >= 0.6 is 12.4 Å². The van der Waals surface area contributed by atoms with E-state index in [2.05, 4.69) is 17.1 Å². The first-order valence-electron chi connectivity index (χ1n) is 7.37. The Balaban J connectivity index is 0.00000200. The van der Waals surface area contributed by atoms with Crippen molar-refractivity contribution >= 4 is 12.4 Å². The molecule has 1 aliphatic rings. The van der Waals surface area contributed by atoms with E-state index in [0.717, 1.165) is 44.2 Å². The minimum Gasteiger partial charge on any atom is -0.317 e. The van der Waals surface area contributed by atoms with Crippen molar-refractivity contribution in [2.45, 2.75) is 33.2 Å². The summed E-state index contributed by atoms with van der Waals surface area (Å²) < 4.78 is 13.2. The highest BCUT2D eigenvalue weighted by molar-refractivity contribution is 5.85. The number of aryl methyl sites for hydroxylation is 1. The Bertz CT molecular complexity index is 403. The second-order valence-electron chi connectivity index (χ2n) is 5.61. The van der Waals surface area contributed by atoms with Gasteiger partial charge in [-0.3, -0.25) is 4.90 Å².